The number of hydrogen-bond acceptors (Lipinski definition) is 5. The van der Waals surface area contributed by atoms with Crippen LogP contribution in [0.15, 0.2) is 42.5 Å². The van der Waals surface area contributed by atoms with Crippen LogP contribution in [-0.2, 0) is 14.4 Å². The predicted molar refractivity (Wildman–Crippen MR) is 183 cm³/mol. The van der Waals surface area contributed by atoms with Gasteiger partial charge in [0.25, 0.3) is 5.91 Å². The molecule has 3 atom stereocenters. The summed E-state index contributed by atoms with van der Waals surface area (Å²) in [6.45, 7) is 2.40. The molecular weight excluding hydrogens is 590 g/mol. The van der Waals surface area contributed by atoms with Crippen LogP contribution in [-0.4, -0.2) is 76.7 Å². The minimum Gasteiger partial charge on any atom is -0.370 e. The standard InChI is InChI=1S/C38H53N5O4/c39-34(44)25-38(18-8-2-9-19-38)41-36(46)33-24-31(42-20-10-3-11-21-42)26-43(33)37(47)32(22-27-12-4-1-5-13-27)40-35(45)30-17-16-28-14-6-7-15-29(28)23-30/h6-7,14-17,23,27,31-33H,1-5,8-13,18-22,24-26H2,(H2,39,44)(H,40,45)(H,41,46)/t31-,32-,33+/m1/s1. The van der Waals surface area contributed by atoms with Crippen LogP contribution in [0.5, 0.6) is 0 Å². The van der Waals surface area contributed by atoms with E-state index in [1.807, 2.05) is 42.5 Å². The number of amides is 4. The largest absolute Gasteiger partial charge is 0.370 e. The first-order valence-corrected chi connectivity index (χ1v) is 18.2. The number of primary amides is 1. The Morgan fingerprint density at radius 3 is 2.26 bits per heavy atom. The molecule has 254 valence electrons. The minimum atomic E-state index is -0.721. The van der Waals surface area contributed by atoms with Crippen molar-refractivity contribution in [2.75, 3.05) is 19.6 Å². The van der Waals surface area contributed by atoms with Gasteiger partial charge in [-0.15, -0.1) is 0 Å². The summed E-state index contributed by atoms with van der Waals surface area (Å²) in [7, 11) is 0. The fourth-order valence-corrected chi connectivity index (χ4v) is 8.86. The third kappa shape index (κ3) is 8.16. The quantitative estimate of drug-likeness (QED) is 0.334. The summed E-state index contributed by atoms with van der Waals surface area (Å²) in [5.41, 5.74) is 5.55. The zero-order valence-electron chi connectivity index (χ0n) is 27.9. The van der Waals surface area contributed by atoms with Crippen molar-refractivity contribution in [2.45, 2.75) is 126 Å². The number of carbonyl (C=O) groups is 4. The normalized spacial score (nSPS) is 24.5. The molecule has 0 unspecified atom stereocenters. The van der Waals surface area contributed by atoms with Crippen LogP contribution in [0.4, 0.5) is 0 Å². The first-order chi connectivity index (χ1) is 22.8. The molecule has 0 radical (unpaired) electrons. The lowest BCUT2D eigenvalue weighted by atomic mass is 9.78. The molecule has 4 fully saturated rings. The molecule has 4 amide bonds. The van der Waals surface area contributed by atoms with Crippen LogP contribution in [0.3, 0.4) is 0 Å². The second kappa shape index (κ2) is 15.2. The van der Waals surface area contributed by atoms with Crippen LogP contribution in [0.2, 0.25) is 0 Å². The van der Waals surface area contributed by atoms with Crippen LogP contribution in [0.25, 0.3) is 10.8 Å². The minimum absolute atomic E-state index is 0.0833. The maximum Gasteiger partial charge on any atom is 0.251 e. The summed E-state index contributed by atoms with van der Waals surface area (Å²) in [5, 5.41) is 8.46. The Labute approximate surface area is 279 Å². The SMILES string of the molecule is NC(=O)CC1(NC(=O)[C@@H]2C[C@@H](N3CCCCC3)CN2C(=O)[C@@H](CC2CCCCC2)NC(=O)c2ccc3ccccc3c2)CCCCC1. The molecule has 2 aromatic rings. The Bertz CT molecular complexity index is 1430. The van der Waals surface area contributed by atoms with E-state index in [2.05, 4.69) is 15.5 Å². The van der Waals surface area contributed by atoms with Crippen molar-refractivity contribution in [3.05, 3.63) is 48.0 Å². The van der Waals surface area contributed by atoms with Gasteiger partial charge in [-0.1, -0.05) is 88.1 Å². The lowest BCUT2D eigenvalue weighted by Crippen LogP contribution is -2.59. The van der Waals surface area contributed by atoms with E-state index >= 15 is 0 Å². The third-order valence-corrected chi connectivity index (χ3v) is 11.4. The fraction of sp³-hybridized carbons (Fsp3) is 0.632. The lowest BCUT2D eigenvalue weighted by Gasteiger charge is -2.39. The highest BCUT2D eigenvalue weighted by Gasteiger charge is 2.46. The summed E-state index contributed by atoms with van der Waals surface area (Å²) >= 11 is 0. The van der Waals surface area contributed by atoms with Gasteiger partial charge in [-0.3, -0.25) is 24.1 Å². The highest BCUT2D eigenvalue weighted by atomic mass is 16.2. The van der Waals surface area contributed by atoms with E-state index in [0.717, 1.165) is 81.6 Å². The Morgan fingerprint density at radius 1 is 0.851 bits per heavy atom. The first-order valence-electron chi connectivity index (χ1n) is 18.2. The molecule has 0 bridgehead atoms. The van der Waals surface area contributed by atoms with Crippen LogP contribution < -0.4 is 16.4 Å². The summed E-state index contributed by atoms with van der Waals surface area (Å²) in [6, 6.07) is 12.3. The van der Waals surface area contributed by atoms with Crippen molar-refractivity contribution in [1.29, 1.82) is 0 Å². The molecule has 2 saturated carbocycles. The number of rotatable bonds is 10. The van der Waals surface area contributed by atoms with Crippen molar-refractivity contribution in [3.8, 4) is 0 Å². The van der Waals surface area contributed by atoms with Gasteiger partial charge < -0.3 is 21.3 Å². The van der Waals surface area contributed by atoms with Gasteiger partial charge in [0.2, 0.25) is 17.7 Å². The van der Waals surface area contributed by atoms with Gasteiger partial charge in [-0.25, -0.2) is 0 Å². The Balaban J connectivity index is 1.26. The van der Waals surface area contributed by atoms with Crippen molar-refractivity contribution < 1.29 is 19.2 Å². The van der Waals surface area contributed by atoms with Gasteiger partial charge in [0.05, 0.1) is 0 Å². The molecule has 2 saturated heterocycles. The topological polar surface area (TPSA) is 125 Å². The maximum absolute atomic E-state index is 14.7. The third-order valence-electron chi connectivity index (χ3n) is 11.4. The van der Waals surface area contributed by atoms with Crippen molar-refractivity contribution in [3.63, 3.8) is 0 Å². The number of nitrogens with two attached hydrogens (primary N) is 1. The molecular formula is C38H53N5O4. The summed E-state index contributed by atoms with van der Waals surface area (Å²) in [5.74, 6) is -0.694. The van der Waals surface area contributed by atoms with Crippen molar-refractivity contribution in [2.24, 2.45) is 11.7 Å². The zero-order valence-corrected chi connectivity index (χ0v) is 27.9. The average Bonchev–Trinajstić information content (AvgIpc) is 3.54. The molecule has 6 rings (SSSR count). The molecule has 2 heterocycles. The van der Waals surface area contributed by atoms with Crippen molar-refractivity contribution in [1.82, 2.24) is 20.4 Å². The lowest BCUT2D eigenvalue weighted by molar-refractivity contribution is -0.141. The Kier molecular flexibility index (Phi) is 10.8. The predicted octanol–water partition coefficient (Wildman–Crippen LogP) is 5.06. The van der Waals surface area contributed by atoms with Crippen LogP contribution in [0.1, 0.15) is 113 Å². The average molecular weight is 644 g/mol. The molecule has 9 nitrogen and oxygen atoms in total. The molecule has 9 heteroatoms. The number of fused-ring (bicyclic) bond motifs is 1. The highest BCUT2D eigenvalue weighted by molar-refractivity contribution is 6.01. The second-order valence-corrected chi connectivity index (χ2v) is 14.8. The van der Waals surface area contributed by atoms with E-state index in [1.54, 1.807) is 4.90 Å². The molecule has 4 aliphatic rings. The fourth-order valence-electron chi connectivity index (χ4n) is 8.86. The summed E-state index contributed by atoms with van der Waals surface area (Å²) in [6.07, 6.45) is 14.6. The molecule has 2 aliphatic heterocycles. The number of nitrogens with one attached hydrogen (secondary N) is 2. The monoisotopic (exact) mass is 643 g/mol. The van der Waals surface area contributed by atoms with Crippen molar-refractivity contribution >= 4 is 34.4 Å². The molecule has 4 N–H and O–H groups in total. The summed E-state index contributed by atoms with van der Waals surface area (Å²) < 4.78 is 0. The van der Waals surface area contributed by atoms with Gasteiger partial charge in [0.1, 0.15) is 12.1 Å². The number of carbonyl (C=O) groups excluding carboxylic acids is 4. The highest BCUT2D eigenvalue weighted by Crippen LogP contribution is 2.34. The Hall–Kier alpha value is -3.46. The van der Waals surface area contributed by atoms with E-state index in [4.69, 9.17) is 5.73 Å². The van der Waals surface area contributed by atoms with Gasteiger partial charge in [-0.2, -0.15) is 0 Å². The number of hydrogen-bond donors (Lipinski definition) is 3. The van der Waals surface area contributed by atoms with E-state index in [9.17, 15) is 19.2 Å². The zero-order chi connectivity index (χ0) is 32.8. The molecule has 2 aliphatic carbocycles. The number of nitrogens with zero attached hydrogens (tertiary/aromatic N) is 2. The van der Waals surface area contributed by atoms with Gasteiger partial charge in [0.15, 0.2) is 0 Å². The number of piperidine rings is 1. The second-order valence-electron chi connectivity index (χ2n) is 14.8. The number of likely N-dealkylation sites (tertiary alicyclic amines) is 2. The molecule has 2 aromatic carbocycles. The van der Waals surface area contributed by atoms with Gasteiger partial charge in [-0.05, 0) is 80.4 Å². The van der Waals surface area contributed by atoms with E-state index < -0.39 is 23.5 Å². The van der Waals surface area contributed by atoms with Crippen LogP contribution >= 0.6 is 0 Å². The summed E-state index contributed by atoms with van der Waals surface area (Å²) in [4.78, 5) is 59.1. The van der Waals surface area contributed by atoms with Gasteiger partial charge >= 0.3 is 0 Å². The van der Waals surface area contributed by atoms with Gasteiger partial charge in [0, 0.05) is 30.1 Å². The smallest absolute Gasteiger partial charge is 0.251 e. The molecule has 0 spiro atoms. The van der Waals surface area contributed by atoms with Crippen LogP contribution in [0, 0.1) is 5.92 Å². The maximum atomic E-state index is 14.7. The number of benzene rings is 2. The first kappa shape index (κ1) is 33.4. The molecule has 47 heavy (non-hydrogen) atoms. The molecule has 0 aromatic heterocycles. The Morgan fingerprint density at radius 2 is 1.53 bits per heavy atom. The van der Waals surface area contributed by atoms with E-state index in [1.165, 1.54) is 12.8 Å². The van der Waals surface area contributed by atoms with E-state index in [0.29, 0.717) is 43.7 Å². The van der Waals surface area contributed by atoms with E-state index in [-0.39, 0.29) is 30.2 Å².